The van der Waals surface area contributed by atoms with Gasteiger partial charge in [-0.1, -0.05) is 0 Å². The van der Waals surface area contributed by atoms with Crippen molar-refractivity contribution in [3.05, 3.63) is 96.1 Å². The van der Waals surface area contributed by atoms with Crippen LogP contribution in [0.3, 0.4) is 0 Å². The summed E-state index contributed by atoms with van der Waals surface area (Å²) >= 11 is -5.11. The van der Waals surface area contributed by atoms with Crippen molar-refractivity contribution in [3.8, 4) is 0 Å². The number of amides is 2. The van der Waals surface area contributed by atoms with E-state index in [1.54, 1.807) is 48.6 Å². The molecule has 2 aromatic rings. The van der Waals surface area contributed by atoms with Crippen molar-refractivity contribution in [2.24, 2.45) is 11.8 Å². The molecule has 228 valence electrons. The summed E-state index contributed by atoms with van der Waals surface area (Å²) in [7, 11) is 0. The monoisotopic (exact) mass is 634 g/mol. The maximum absolute atomic E-state index is 16.6. The second kappa shape index (κ2) is 13.8. The Labute approximate surface area is 251 Å². The van der Waals surface area contributed by atoms with E-state index in [9.17, 15) is 9.59 Å². The van der Waals surface area contributed by atoms with E-state index in [1.165, 1.54) is 0 Å². The fraction of sp³-hybridized carbons (Fsp3) is 0.312. The normalized spacial score (nSPS) is 14.7. The van der Waals surface area contributed by atoms with Gasteiger partial charge in [0.05, 0.1) is 0 Å². The summed E-state index contributed by atoms with van der Waals surface area (Å²) in [5.74, 6) is -4.27. The molecule has 6 nitrogen and oxygen atoms in total. The van der Waals surface area contributed by atoms with Gasteiger partial charge in [0.25, 0.3) is 0 Å². The Hall–Kier alpha value is -3.63. The summed E-state index contributed by atoms with van der Waals surface area (Å²) in [5.41, 5.74) is -0.770. The predicted molar refractivity (Wildman–Crippen MR) is 156 cm³/mol. The van der Waals surface area contributed by atoms with Crippen LogP contribution in [0.2, 0.25) is 8.45 Å². The van der Waals surface area contributed by atoms with Gasteiger partial charge in [-0.25, -0.2) is 0 Å². The molecule has 0 radical (unpaired) electrons. The number of hydrogen-bond donors (Lipinski definition) is 2. The number of halogens is 4. The first-order chi connectivity index (χ1) is 20.5. The quantitative estimate of drug-likeness (QED) is 0.209. The van der Waals surface area contributed by atoms with Crippen molar-refractivity contribution in [2.75, 3.05) is 23.8 Å². The van der Waals surface area contributed by atoms with Crippen LogP contribution < -0.4 is 18.4 Å². The van der Waals surface area contributed by atoms with Gasteiger partial charge >= 0.3 is 252 Å². The van der Waals surface area contributed by atoms with Crippen LogP contribution in [0.15, 0.2) is 72.9 Å². The van der Waals surface area contributed by atoms with E-state index in [2.05, 4.69) is 10.6 Å². The van der Waals surface area contributed by atoms with E-state index in [1.807, 2.05) is 27.7 Å². The number of allylic oxidation sites excluding steroid dienone is 8. The first-order valence-corrected chi connectivity index (χ1v) is 17.4. The molecule has 0 aromatic heterocycles. The third kappa shape index (κ3) is 6.81. The molecule has 11 heteroatoms. The van der Waals surface area contributed by atoms with Crippen LogP contribution in [0.4, 0.5) is 38.5 Å². The van der Waals surface area contributed by atoms with E-state index in [0.29, 0.717) is 0 Å². The maximum atomic E-state index is 16.6. The summed E-state index contributed by atoms with van der Waals surface area (Å²) in [4.78, 5) is 24.9. The van der Waals surface area contributed by atoms with Crippen molar-refractivity contribution >= 4 is 31.3 Å². The van der Waals surface area contributed by atoms with Gasteiger partial charge in [0.2, 0.25) is 0 Å². The molecule has 2 N–H and O–H groups in total. The first kappa shape index (κ1) is 32.3. The Kier molecular flexibility index (Phi) is 10.3. The number of carbonyl (C=O) groups excluding carboxylic acids is 2. The SMILES string of the molecule is CC(C)COC(=O)Nc1ccc(F)[c]([Ti]([c]2c(F)ccc(NC(=O)OCC(C)C)c2F)([CH]2C=CC=C2)[CH]2C=CC=C2)c1F. The zero-order chi connectivity index (χ0) is 31.3. The van der Waals surface area contributed by atoms with Crippen LogP contribution in [-0.2, 0) is 26.1 Å². The molecule has 0 heterocycles. The average Bonchev–Trinajstić information content (AvgIpc) is 3.69. The van der Waals surface area contributed by atoms with Crippen molar-refractivity contribution in [1.82, 2.24) is 0 Å². The van der Waals surface area contributed by atoms with E-state index >= 15 is 17.6 Å². The molecule has 43 heavy (non-hydrogen) atoms. The van der Waals surface area contributed by atoms with Crippen molar-refractivity contribution in [2.45, 2.75) is 36.1 Å². The fourth-order valence-electron chi connectivity index (χ4n) is 5.32. The van der Waals surface area contributed by atoms with Crippen LogP contribution in [0, 0.1) is 35.1 Å². The molecule has 2 amide bonds. The van der Waals surface area contributed by atoms with Gasteiger partial charge in [0, 0.05) is 0 Å². The average molecular weight is 634 g/mol. The summed E-state index contributed by atoms with van der Waals surface area (Å²) in [5, 5.41) is 4.64. The molecular formula is C32H34F4N2O4Ti. The number of ether oxygens (including phenoxy) is 2. The van der Waals surface area contributed by atoms with Gasteiger partial charge in [0.15, 0.2) is 0 Å². The van der Waals surface area contributed by atoms with Gasteiger partial charge in [-0.15, -0.1) is 0 Å². The fourth-order valence-corrected chi connectivity index (χ4v) is 14.1. The minimum atomic E-state index is -5.11. The number of nitrogens with one attached hydrogen (secondary N) is 2. The third-order valence-corrected chi connectivity index (χ3v) is 15.6. The Morgan fingerprint density at radius 2 is 1.02 bits per heavy atom. The van der Waals surface area contributed by atoms with Crippen LogP contribution in [-0.4, -0.2) is 25.4 Å². The molecule has 0 saturated carbocycles. The van der Waals surface area contributed by atoms with E-state index in [4.69, 9.17) is 9.47 Å². The van der Waals surface area contributed by atoms with Crippen LogP contribution in [0.25, 0.3) is 0 Å². The number of hydrogen-bond acceptors (Lipinski definition) is 4. The molecular weight excluding hydrogens is 600 g/mol. The first-order valence-electron chi connectivity index (χ1n) is 14.0. The third-order valence-electron chi connectivity index (χ3n) is 7.13. The minimum absolute atomic E-state index is 0.0124. The van der Waals surface area contributed by atoms with Gasteiger partial charge in [-0.2, -0.15) is 0 Å². The number of rotatable bonds is 10. The molecule has 0 unspecified atom stereocenters. The van der Waals surface area contributed by atoms with Crippen LogP contribution in [0.1, 0.15) is 27.7 Å². The Morgan fingerprint density at radius 3 is 1.35 bits per heavy atom. The van der Waals surface area contributed by atoms with Crippen molar-refractivity contribution < 1.29 is 53.2 Å². The topological polar surface area (TPSA) is 76.7 Å². The standard InChI is InChI=1S/2C11H12F2NO2.2C5H5.Ti/c2*1-7(2)6-16-11(15)14-10-4-3-8(12)5-9(10)13;2*1-2-4-5-3-1;/h2*3-4,7H,6H2,1-2H3,(H,14,15);2*1-5H;. The zero-order valence-electron chi connectivity index (χ0n) is 24.3. The number of benzene rings is 2. The van der Waals surface area contributed by atoms with Crippen molar-refractivity contribution in [3.63, 3.8) is 0 Å². The summed E-state index contributed by atoms with van der Waals surface area (Å²) in [6, 6.07) is 4.05. The summed E-state index contributed by atoms with van der Waals surface area (Å²) < 4.78 is 73.2. The molecule has 0 saturated heterocycles. The van der Waals surface area contributed by atoms with E-state index < -0.39 is 68.2 Å². The van der Waals surface area contributed by atoms with Gasteiger partial charge in [0.1, 0.15) is 0 Å². The second-order valence-electron chi connectivity index (χ2n) is 11.3. The molecule has 4 rings (SSSR count). The molecule has 0 bridgehead atoms. The molecule has 0 aliphatic heterocycles. The van der Waals surface area contributed by atoms with Crippen molar-refractivity contribution in [1.29, 1.82) is 0 Å². The molecule has 0 atom stereocenters. The van der Waals surface area contributed by atoms with Gasteiger partial charge < -0.3 is 0 Å². The Morgan fingerprint density at radius 1 is 0.674 bits per heavy atom. The molecule has 2 aromatic carbocycles. The van der Waals surface area contributed by atoms with Gasteiger partial charge in [-0.05, 0) is 0 Å². The molecule has 2 aliphatic carbocycles. The van der Waals surface area contributed by atoms with E-state index in [-0.39, 0.29) is 36.4 Å². The molecule has 2 aliphatic rings. The zero-order valence-corrected chi connectivity index (χ0v) is 25.9. The van der Waals surface area contributed by atoms with Crippen LogP contribution >= 0.6 is 0 Å². The molecule has 0 spiro atoms. The number of anilines is 2. The Bertz CT molecular complexity index is 1370. The predicted octanol–water partition coefficient (Wildman–Crippen LogP) is 7.59. The van der Waals surface area contributed by atoms with E-state index in [0.717, 1.165) is 24.3 Å². The number of carbonyl (C=O) groups is 2. The van der Waals surface area contributed by atoms with Crippen LogP contribution in [0.5, 0.6) is 0 Å². The second-order valence-corrected chi connectivity index (χ2v) is 17.6. The Balaban J connectivity index is 1.96. The summed E-state index contributed by atoms with van der Waals surface area (Å²) in [6.45, 7) is 7.43. The summed E-state index contributed by atoms with van der Waals surface area (Å²) in [6.07, 6.45) is 11.4. The molecule has 0 fully saturated rings. The van der Waals surface area contributed by atoms with Gasteiger partial charge in [-0.3, -0.25) is 0 Å².